The van der Waals surface area contributed by atoms with E-state index < -0.39 is 0 Å². The highest BCUT2D eigenvalue weighted by Crippen LogP contribution is 2.31. The van der Waals surface area contributed by atoms with Crippen LogP contribution < -0.4 is 5.32 Å². The Hall–Kier alpha value is -1.43. The molecule has 3 aromatic rings. The molecule has 0 amide bonds. The van der Waals surface area contributed by atoms with Gasteiger partial charge in [0.15, 0.2) is 5.13 Å². The highest BCUT2D eigenvalue weighted by Gasteiger charge is 2.07. The molecule has 20 heavy (non-hydrogen) atoms. The first kappa shape index (κ1) is 15.0. The third kappa shape index (κ3) is 3.17. The Labute approximate surface area is 132 Å². The maximum Gasteiger partial charge on any atom is 0.188 e. The molecule has 3 heterocycles. The van der Waals surface area contributed by atoms with E-state index in [9.17, 15) is 0 Å². The third-order valence-electron chi connectivity index (χ3n) is 2.72. The van der Waals surface area contributed by atoms with E-state index in [4.69, 9.17) is 0 Å². The molecular formula is C14H14ClN3S2. The first-order valence-electron chi connectivity index (χ1n) is 5.92. The lowest BCUT2D eigenvalue weighted by Gasteiger charge is -2.03. The minimum absolute atomic E-state index is 0. The van der Waals surface area contributed by atoms with Crippen LogP contribution in [0.1, 0.15) is 11.1 Å². The van der Waals surface area contributed by atoms with E-state index in [0.717, 1.165) is 22.2 Å². The van der Waals surface area contributed by atoms with Crippen molar-refractivity contribution in [1.29, 1.82) is 0 Å². The van der Waals surface area contributed by atoms with E-state index in [1.807, 2.05) is 19.1 Å². The number of rotatable bonds is 3. The van der Waals surface area contributed by atoms with Gasteiger partial charge in [-0.1, -0.05) is 6.07 Å². The van der Waals surface area contributed by atoms with Gasteiger partial charge in [0.2, 0.25) is 0 Å². The Balaban J connectivity index is 0.00000147. The average Bonchev–Trinajstić information content (AvgIpc) is 3.01. The molecule has 6 heteroatoms. The zero-order valence-electron chi connectivity index (χ0n) is 11.1. The van der Waals surface area contributed by atoms with Crippen LogP contribution in [-0.4, -0.2) is 9.97 Å². The molecule has 0 spiro atoms. The van der Waals surface area contributed by atoms with Crippen molar-refractivity contribution < 1.29 is 0 Å². The van der Waals surface area contributed by atoms with Gasteiger partial charge in [-0.3, -0.25) is 0 Å². The van der Waals surface area contributed by atoms with Gasteiger partial charge < -0.3 is 5.32 Å². The van der Waals surface area contributed by atoms with Crippen LogP contribution in [0.5, 0.6) is 0 Å². The van der Waals surface area contributed by atoms with Gasteiger partial charge >= 0.3 is 0 Å². The number of aryl methyl sites for hydroxylation is 2. The second-order valence-corrected chi connectivity index (χ2v) is 6.09. The van der Waals surface area contributed by atoms with Gasteiger partial charge in [0, 0.05) is 11.6 Å². The summed E-state index contributed by atoms with van der Waals surface area (Å²) in [4.78, 5) is 10.1. The van der Waals surface area contributed by atoms with Crippen molar-refractivity contribution in [3.8, 4) is 10.6 Å². The average molecular weight is 324 g/mol. The van der Waals surface area contributed by atoms with E-state index in [2.05, 4.69) is 39.0 Å². The quantitative estimate of drug-likeness (QED) is 0.733. The maximum absolute atomic E-state index is 4.61. The predicted octanol–water partition coefficient (Wildman–Crippen LogP) is 5.05. The molecular weight excluding hydrogens is 310 g/mol. The Kier molecular flexibility index (Phi) is 4.75. The van der Waals surface area contributed by atoms with Gasteiger partial charge in [-0.2, -0.15) is 0 Å². The number of nitrogens with one attached hydrogen (secondary N) is 1. The lowest BCUT2D eigenvalue weighted by atomic mass is 10.3. The fraction of sp³-hybridized carbons (Fsp3) is 0.143. The Bertz CT molecular complexity index is 706. The predicted molar refractivity (Wildman–Crippen MR) is 89.7 cm³/mol. The summed E-state index contributed by atoms with van der Waals surface area (Å²) in [5.74, 6) is 0.866. The first-order valence-corrected chi connectivity index (χ1v) is 7.68. The number of thiazole rings is 1. The minimum atomic E-state index is 0. The van der Waals surface area contributed by atoms with Crippen molar-refractivity contribution >= 4 is 46.0 Å². The molecule has 0 aromatic carbocycles. The number of nitrogens with zero attached hydrogens (tertiary/aromatic N) is 2. The topological polar surface area (TPSA) is 37.8 Å². The molecule has 0 aliphatic rings. The van der Waals surface area contributed by atoms with Gasteiger partial charge in [-0.05, 0) is 42.5 Å². The molecule has 0 bridgehead atoms. The molecule has 104 valence electrons. The number of hydrogen-bond donors (Lipinski definition) is 1. The van der Waals surface area contributed by atoms with Crippen LogP contribution in [0.3, 0.4) is 0 Å². The number of hydrogen-bond acceptors (Lipinski definition) is 5. The van der Waals surface area contributed by atoms with E-state index >= 15 is 0 Å². The third-order valence-corrected chi connectivity index (χ3v) is 4.55. The highest BCUT2D eigenvalue weighted by molar-refractivity contribution is 7.16. The number of pyridine rings is 1. The lowest BCUT2D eigenvalue weighted by Crippen LogP contribution is -1.94. The first-order chi connectivity index (χ1) is 9.22. The van der Waals surface area contributed by atoms with E-state index in [-0.39, 0.29) is 12.4 Å². The van der Waals surface area contributed by atoms with Crippen molar-refractivity contribution in [2.75, 3.05) is 5.32 Å². The fourth-order valence-electron chi connectivity index (χ4n) is 1.73. The molecule has 3 aromatic heterocycles. The van der Waals surface area contributed by atoms with Gasteiger partial charge in [-0.25, -0.2) is 9.97 Å². The van der Waals surface area contributed by atoms with Crippen molar-refractivity contribution in [2.45, 2.75) is 13.8 Å². The van der Waals surface area contributed by atoms with Crippen molar-refractivity contribution in [3.05, 3.63) is 46.3 Å². The second-order valence-electron chi connectivity index (χ2n) is 4.32. The largest absolute Gasteiger partial charge is 0.316 e. The molecule has 0 fully saturated rings. The van der Waals surface area contributed by atoms with Crippen molar-refractivity contribution in [2.24, 2.45) is 0 Å². The van der Waals surface area contributed by atoms with E-state index in [1.165, 1.54) is 10.4 Å². The Morgan fingerprint density at radius 1 is 1.15 bits per heavy atom. The number of anilines is 2. The van der Waals surface area contributed by atoms with Crippen LogP contribution >= 0.6 is 35.1 Å². The Morgan fingerprint density at radius 3 is 2.70 bits per heavy atom. The minimum Gasteiger partial charge on any atom is -0.316 e. The van der Waals surface area contributed by atoms with Crippen LogP contribution in [0.4, 0.5) is 10.9 Å². The van der Waals surface area contributed by atoms with Crippen LogP contribution in [0, 0.1) is 13.8 Å². The molecule has 3 nitrogen and oxygen atoms in total. The number of thiophene rings is 1. The zero-order chi connectivity index (χ0) is 13.2. The van der Waals surface area contributed by atoms with Crippen LogP contribution in [0.2, 0.25) is 0 Å². The highest BCUT2D eigenvalue weighted by atomic mass is 35.5. The van der Waals surface area contributed by atoms with Crippen molar-refractivity contribution in [3.63, 3.8) is 0 Å². The van der Waals surface area contributed by atoms with Gasteiger partial charge in [0.25, 0.3) is 0 Å². The van der Waals surface area contributed by atoms with Crippen LogP contribution in [0.15, 0.2) is 35.2 Å². The molecule has 0 aliphatic carbocycles. The van der Waals surface area contributed by atoms with Crippen LogP contribution in [0.25, 0.3) is 10.6 Å². The molecule has 3 rings (SSSR count). The summed E-state index contributed by atoms with van der Waals surface area (Å²) in [7, 11) is 0. The summed E-state index contributed by atoms with van der Waals surface area (Å²) in [6.45, 7) is 4.13. The SMILES string of the molecule is Cc1csc(-c2csc(Nc3ncccc3C)n2)c1.Cl. The smallest absolute Gasteiger partial charge is 0.188 e. The summed E-state index contributed by atoms with van der Waals surface area (Å²) in [6.07, 6.45) is 1.78. The molecule has 1 N–H and O–H groups in total. The second kappa shape index (κ2) is 6.35. The Morgan fingerprint density at radius 2 is 2.00 bits per heavy atom. The molecule has 0 unspecified atom stereocenters. The summed E-state index contributed by atoms with van der Waals surface area (Å²) >= 11 is 3.33. The standard InChI is InChI=1S/C14H13N3S2.ClH/c1-9-6-12(18-7-9)11-8-19-14(16-11)17-13-10(2)4-3-5-15-13;/h3-8H,1-2H3,(H,15,16,17);1H. The number of aromatic nitrogens is 2. The summed E-state index contributed by atoms with van der Waals surface area (Å²) < 4.78 is 0. The molecule has 0 aliphatic heterocycles. The molecule has 0 atom stereocenters. The van der Waals surface area contributed by atoms with Gasteiger partial charge in [-0.15, -0.1) is 35.1 Å². The summed E-state index contributed by atoms with van der Waals surface area (Å²) in [5.41, 5.74) is 3.42. The van der Waals surface area contributed by atoms with Crippen LogP contribution in [-0.2, 0) is 0 Å². The molecule has 0 saturated heterocycles. The zero-order valence-corrected chi connectivity index (χ0v) is 13.5. The lowest BCUT2D eigenvalue weighted by molar-refractivity contribution is 1.24. The summed E-state index contributed by atoms with van der Waals surface area (Å²) in [5, 5.41) is 8.37. The van der Waals surface area contributed by atoms with E-state index in [1.54, 1.807) is 28.9 Å². The fourth-order valence-corrected chi connectivity index (χ4v) is 3.37. The molecule has 0 saturated carbocycles. The summed E-state index contributed by atoms with van der Waals surface area (Å²) in [6, 6.07) is 6.13. The monoisotopic (exact) mass is 323 g/mol. The molecule has 0 radical (unpaired) electrons. The van der Waals surface area contributed by atoms with E-state index in [0.29, 0.717) is 0 Å². The van der Waals surface area contributed by atoms with Crippen molar-refractivity contribution in [1.82, 2.24) is 9.97 Å². The normalized spacial score (nSPS) is 10.1. The number of halogens is 1. The maximum atomic E-state index is 4.61. The van der Waals surface area contributed by atoms with Gasteiger partial charge in [0.1, 0.15) is 5.82 Å². The van der Waals surface area contributed by atoms with Gasteiger partial charge in [0.05, 0.1) is 10.6 Å².